The minimum Gasteiger partial charge on any atom is -0.312 e. The lowest BCUT2D eigenvalue weighted by atomic mass is 10.1. The number of benzene rings is 1. The quantitative estimate of drug-likeness (QED) is 0.875. The number of aryl methyl sites for hydroxylation is 1. The van der Waals surface area contributed by atoms with Crippen molar-refractivity contribution in [2.75, 3.05) is 6.54 Å². The molecule has 1 aromatic heterocycles. The van der Waals surface area contributed by atoms with Crippen LogP contribution in [-0.2, 0) is 6.54 Å². The van der Waals surface area contributed by atoms with Crippen molar-refractivity contribution in [1.29, 1.82) is 0 Å². The van der Waals surface area contributed by atoms with E-state index in [1.807, 2.05) is 0 Å². The Morgan fingerprint density at radius 2 is 2.12 bits per heavy atom. The molecule has 0 atom stereocenters. The molecule has 0 bridgehead atoms. The number of hydrogen-bond acceptors (Lipinski definition) is 3. The summed E-state index contributed by atoms with van der Waals surface area (Å²) in [7, 11) is 0. The van der Waals surface area contributed by atoms with Gasteiger partial charge in [0.1, 0.15) is 0 Å². The fourth-order valence-corrected chi connectivity index (χ4v) is 2.33. The van der Waals surface area contributed by atoms with Crippen molar-refractivity contribution >= 4 is 11.5 Å². The van der Waals surface area contributed by atoms with Crippen LogP contribution in [0.1, 0.15) is 17.4 Å². The molecular formula is C13H16N2S. The van der Waals surface area contributed by atoms with Gasteiger partial charge >= 0.3 is 0 Å². The van der Waals surface area contributed by atoms with Crippen molar-refractivity contribution in [2.24, 2.45) is 0 Å². The summed E-state index contributed by atoms with van der Waals surface area (Å²) >= 11 is 1.58. The molecule has 0 aliphatic carbocycles. The maximum Gasteiger partial charge on any atom is 0.0846 e. The number of hydrogen-bond donors (Lipinski definition) is 1. The van der Waals surface area contributed by atoms with Gasteiger partial charge in [0.05, 0.1) is 5.69 Å². The zero-order valence-electron chi connectivity index (χ0n) is 9.66. The van der Waals surface area contributed by atoms with Gasteiger partial charge < -0.3 is 5.32 Å². The van der Waals surface area contributed by atoms with Crippen LogP contribution in [0.4, 0.5) is 0 Å². The van der Waals surface area contributed by atoms with Gasteiger partial charge in [-0.25, -0.2) is 0 Å². The molecule has 0 radical (unpaired) electrons. The molecule has 1 heterocycles. The highest BCUT2D eigenvalue weighted by atomic mass is 32.1. The molecule has 0 aliphatic rings. The number of rotatable bonds is 4. The van der Waals surface area contributed by atoms with Crippen LogP contribution >= 0.6 is 11.5 Å². The van der Waals surface area contributed by atoms with Crippen LogP contribution in [0.25, 0.3) is 11.3 Å². The lowest BCUT2D eigenvalue weighted by molar-refractivity contribution is 0.735. The SMILES string of the molecule is CCNCc1cc(-c2ccccc2C)ns1. The van der Waals surface area contributed by atoms with E-state index in [1.54, 1.807) is 11.5 Å². The topological polar surface area (TPSA) is 24.9 Å². The summed E-state index contributed by atoms with van der Waals surface area (Å²) in [6, 6.07) is 10.5. The predicted molar refractivity (Wildman–Crippen MR) is 69.7 cm³/mol. The van der Waals surface area contributed by atoms with E-state index in [0.29, 0.717) is 0 Å². The van der Waals surface area contributed by atoms with Crippen molar-refractivity contribution in [1.82, 2.24) is 9.69 Å². The molecule has 0 fully saturated rings. The third kappa shape index (κ3) is 2.49. The summed E-state index contributed by atoms with van der Waals surface area (Å²) < 4.78 is 4.50. The molecule has 2 rings (SSSR count). The molecule has 3 heteroatoms. The van der Waals surface area contributed by atoms with Gasteiger partial charge in [-0.2, -0.15) is 4.37 Å². The molecule has 0 amide bonds. The first kappa shape index (κ1) is 11.3. The normalized spacial score (nSPS) is 10.6. The second-order valence-corrected chi connectivity index (χ2v) is 4.66. The molecule has 0 spiro atoms. The third-order valence-corrected chi connectivity index (χ3v) is 3.31. The predicted octanol–water partition coefficient (Wildman–Crippen LogP) is 3.23. The van der Waals surface area contributed by atoms with Crippen LogP contribution in [0, 0.1) is 6.92 Å². The first-order valence-electron chi connectivity index (χ1n) is 5.53. The van der Waals surface area contributed by atoms with Gasteiger partial charge in [0, 0.05) is 17.0 Å². The Balaban J connectivity index is 2.22. The summed E-state index contributed by atoms with van der Waals surface area (Å²) in [5, 5.41) is 3.31. The van der Waals surface area contributed by atoms with E-state index < -0.39 is 0 Å². The van der Waals surface area contributed by atoms with Crippen molar-refractivity contribution in [3.8, 4) is 11.3 Å². The first-order chi connectivity index (χ1) is 7.81. The van der Waals surface area contributed by atoms with Crippen molar-refractivity contribution < 1.29 is 0 Å². The lowest BCUT2D eigenvalue weighted by Gasteiger charge is -2.00. The highest BCUT2D eigenvalue weighted by molar-refractivity contribution is 7.06. The van der Waals surface area contributed by atoms with Crippen LogP contribution in [0.2, 0.25) is 0 Å². The van der Waals surface area contributed by atoms with Gasteiger partial charge in [0.2, 0.25) is 0 Å². The molecule has 84 valence electrons. The van der Waals surface area contributed by atoms with E-state index in [4.69, 9.17) is 0 Å². The largest absolute Gasteiger partial charge is 0.312 e. The third-order valence-electron chi connectivity index (χ3n) is 2.53. The maximum atomic E-state index is 4.50. The highest BCUT2D eigenvalue weighted by Crippen LogP contribution is 2.24. The monoisotopic (exact) mass is 232 g/mol. The van der Waals surface area contributed by atoms with E-state index in [0.717, 1.165) is 18.8 Å². The van der Waals surface area contributed by atoms with Gasteiger partial charge in [-0.1, -0.05) is 31.2 Å². The van der Waals surface area contributed by atoms with E-state index in [9.17, 15) is 0 Å². The fraction of sp³-hybridized carbons (Fsp3) is 0.308. The molecule has 1 aromatic carbocycles. The van der Waals surface area contributed by atoms with E-state index in [-0.39, 0.29) is 0 Å². The number of nitrogens with one attached hydrogen (secondary N) is 1. The maximum absolute atomic E-state index is 4.50. The summed E-state index contributed by atoms with van der Waals surface area (Å²) in [4.78, 5) is 1.29. The van der Waals surface area contributed by atoms with Gasteiger partial charge in [-0.3, -0.25) is 0 Å². The molecule has 2 aromatic rings. The van der Waals surface area contributed by atoms with E-state index in [2.05, 4.69) is 53.9 Å². The number of aromatic nitrogens is 1. The average Bonchev–Trinajstić information content (AvgIpc) is 2.75. The van der Waals surface area contributed by atoms with E-state index in [1.165, 1.54) is 16.0 Å². The lowest BCUT2D eigenvalue weighted by Crippen LogP contribution is -2.10. The average molecular weight is 232 g/mol. The minimum absolute atomic E-state index is 0.917. The molecule has 2 nitrogen and oxygen atoms in total. The standard InChI is InChI=1S/C13H16N2S/c1-3-14-9-11-8-13(15-16-11)12-7-5-4-6-10(12)2/h4-8,14H,3,9H2,1-2H3. The van der Waals surface area contributed by atoms with Gasteiger partial charge in [0.15, 0.2) is 0 Å². The van der Waals surface area contributed by atoms with Crippen LogP contribution in [0.15, 0.2) is 30.3 Å². The molecule has 16 heavy (non-hydrogen) atoms. The zero-order valence-corrected chi connectivity index (χ0v) is 10.5. The Morgan fingerprint density at radius 1 is 1.31 bits per heavy atom. The van der Waals surface area contributed by atoms with Crippen LogP contribution in [-0.4, -0.2) is 10.9 Å². The Morgan fingerprint density at radius 3 is 2.88 bits per heavy atom. The zero-order chi connectivity index (χ0) is 11.4. The highest BCUT2D eigenvalue weighted by Gasteiger charge is 2.05. The smallest absolute Gasteiger partial charge is 0.0846 e. The summed E-state index contributed by atoms with van der Waals surface area (Å²) in [5.74, 6) is 0. The molecule has 0 saturated heterocycles. The minimum atomic E-state index is 0.917. The molecule has 1 N–H and O–H groups in total. The van der Waals surface area contributed by atoms with Crippen molar-refractivity contribution in [3.05, 3.63) is 40.8 Å². The summed E-state index contributed by atoms with van der Waals surface area (Å²) in [6.07, 6.45) is 0. The Labute approximate surface area is 100 Å². The van der Waals surface area contributed by atoms with Crippen molar-refractivity contribution in [3.63, 3.8) is 0 Å². The Kier molecular flexibility index (Phi) is 3.70. The summed E-state index contributed by atoms with van der Waals surface area (Å²) in [5.41, 5.74) is 3.61. The number of nitrogens with zero attached hydrogens (tertiary/aromatic N) is 1. The molecule has 0 aliphatic heterocycles. The Bertz CT molecular complexity index is 462. The van der Waals surface area contributed by atoms with Gasteiger partial charge in [-0.15, -0.1) is 0 Å². The van der Waals surface area contributed by atoms with Crippen LogP contribution in [0.5, 0.6) is 0 Å². The van der Waals surface area contributed by atoms with Gasteiger partial charge in [-0.05, 0) is 36.6 Å². The first-order valence-corrected chi connectivity index (χ1v) is 6.31. The van der Waals surface area contributed by atoms with Crippen molar-refractivity contribution in [2.45, 2.75) is 20.4 Å². The van der Waals surface area contributed by atoms with Gasteiger partial charge in [0.25, 0.3) is 0 Å². The second-order valence-electron chi connectivity index (χ2n) is 3.77. The van der Waals surface area contributed by atoms with Crippen LogP contribution in [0.3, 0.4) is 0 Å². The molecule has 0 saturated carbocycles. The molecular weight excluding hydrogens is 216 g/mol. The van der Waals surface area contributed by atoms with E-state index >= 15 is 0 Å². The van der Waals surface area contributed by atoms with Crippen LogP contribution < -0.4 is 5.32 Å². The Hall–Kier alpha value is -1.19. The summed E-state index contributed by atoms with van der Waals surface area (Å²) in [6.45, 7) is 6.15. The second kappa shape index (κ2) is 5.23. The molecule has 0 unspecified atom stereocenters. The fourth-order valence-electron chi connectivity index (χ4n) is 1.63.